The Bertz CT molecular complexity index is 1340. The summed E-state index contributed by atoms with van der Waals surface area (Å²) in [5.41, 5.74) is 0. The molecular weight excluding hydrogens is 856 g/mol. The van der Waals surface area contributed by atoms with Gasteiger partial charge >= 0.3 is 13.8 Å². The number of likely N-dealkylation sites (N-methyl/N-ethyl adjacent to an activating group) is 1. The first-order chi connectivity index (χ1) is 32.4. The summed E-state index contributed by atoms with van der Waals surface area (Å²) >= 11 is 0. The maximum atomic E-state index is 13.4. The number of allylic oxidation sites excluding steroid dienone is 9. The van der Waals surface area contributed by atoms with E-state index < -0.39 is 20.0 Å². The van der Waals surface area contributed by atoms with Gasteiger partial charge in [-0.05, 0) is 96.0 Å². The highest BCUT2D eigenvalue weighted by molar-refractivity contribution is 7.47. The maximum absolute atomic E-state index is 13.4. The largest absolute Gasteiger partial charge is 0.472 e. The molecule has 0 aliphatic rings. The molecular formula is C57H106N2O7P+. The van der Waals surface area contributed by atoms with Crippen LogP contribution in [-0.4, -0.2) is 74.3 Å². The van der Waals surface area contributed by atoms with Crippen molar-refractivity contribution >= 4 is 19.7 Å². The number of hydrogen-bond acceptors (Lipinski definition) is 6. The van der Waals surface area contributed by atoms with Gasteiger partial charge in [0.2, 0.25) is 5.91 Å². The predicted octanol–water partition coefficient (Wildman–Crippen LogP) is 16.3. The average Bonchev–Trinajstić information content (AvgIpc) is 3.28. The Balaban J connectivity index is 5.42. The SMILES string of the molecule is CCCCC/C=C\C/C=C\C/C=C\CCCCCCC(=O)OC(/C=C/CCCCCCCCCCC)C(COP(=O)(O)OCC[N+](C)(C)C)NC(=O)CCCCC/C=C\CCCCCCCC. The van der Waals surface area contributed by atoms with Crippen LogP contribution < -0.4 is 5.32 Å². The Labute approximate surface area is 413 Å². The molecule has 0 saturated heterocycles. The lowest BCUT2D eigenvalue weighted by Crippen LogP contribution is -2.47. The van der Waals surface area contributed by atoms with Crippen molar-refractivity contribution in [1.29, 1.82) is 0 Å². The summed E-state index contributed by atoms with van der Waals surface area (Å²) in [6.45, 7) is 6.93. The number of quaternary nitrogens is 1. The molecule has 0 heterocycles. The first-order valence-corrected chi connectivity index (χ1v) is 29.1. The number of phosphoric ester groups is 1. The van der Waals surface area contributed by atoms with Gasteiger partial charge in [0.05, 0.1) is 33.8 Å². The zero-order chi connectivity index (χ0) is 49.4. The van der Waals surface area contributed by atoms with E-state index in [1.165, 1.54) is 109 Å². The number of phosphoric acid groups is 1. The Morgan fingerprint density at radius 3 is 1.42 bits per heavy atom. The standard InChI is InChI=1S/C57H105N2O7P/c1-7-10-13-16-19-22-25-27-28-29-30-32-35-38-41-44-47-50-57(61)66-55(48-45-42-39-36-33-24-21-18-15-12-9-3)54(53-65-67(62,63)64-52-51-59(4,5)6)58-56(60)49-46-43-40-37-34-31-26-23-20-17-14-11-8-2/h19,22,27-28,30-32,34,45,48,54-55H,7-18,20-21,23-26,29,33,35-44,46-47,49-53H2,1-6H3,(H-,58,60,62,63)/p+1/b22-19-,28-27-,32-30-,34-31-,48-45+. The topological polar surface area (TPSA) is 111 Å². The Hall–Kier alpha value is -2.29. The first kappa shape index (κ1) is 64.7. The average molecular weight is 962 g/mol. The number of nitrogens with zero attached hydrogens (tertiary/aromatic N) is 1. The smallest absolute Gasteiger partial charge is 0.456 e. The van der Waals surface area contributed by atoms with E-state index in [4.69, 9.17) is 13.8 Å². The zero-order valence-corrected chi connectivity index (χ0v) is 45.3. The summed E-state index contributed by atoms with van der Waals surface area (Å²) in [5.74, 6) is -0.551. The van der Waals surface area contributed by atoms with Gasteiger partial charge in [0.1, 0.15) is 19.3 Å². The number of hydrogen-bond donors (Lipinski definition) is 2. The summed E-state index contributed by atoms with van der Waals surface area (Å²) in [7, 11) is 1.47. The van der Waals surface area contributed by atoms with E-state index in [0.717, 1.165) is 89.9 Å². The van der Waals surface area contributed by atoms with Crippen LogP contribution in [0.25, 0.3) is 0 Å². The number of esters is 1. The molecule has 0 radical (unpaired) electrons. The van der Waals surface area contributed by atoms with Gasteiger partial charge in [-0.15, -0.1) is 0 Å². The van der Waals surface area contributed by atoms with Gasteiger partial charge < -0.3 is 19.4 Å². The van der Waals surface area contributed by atoms with E-state index in [2.05, 4.69) is 74.7 Å². The number of ether oxygens (including phenoxy) is 1. The van der Waals surface area contributed by atoms with Crippen LogP contribution in [0.3, 0.4) is 0 Å². The van der Waals surface area contributed by atoms with Crippen molar-refractivity contribution < 1.29 is 37.3 Å². The van der Waals surface area contributed by atoms with Crippen molar-refractivity contribution in [1.82, 2.24) is 5.32 Å². The van der Waals surface area contributed by atoms with Crippen LogP contribution in [0.5, 0.6) is 0 Å². The van der Waals surface area contributed by atoms with Crippen LogP contribution in [0.2, 0.25) is 0 Å². The van der Waals surface area contributed by atoms with Crippen molar-refractivity contribution in [2.45, 2.75) is 251 Å². The summed E-state index contributed by atoms with van der Waals surface area (Å²) in [4.78, 5) is 37.5. The van der Waals surface area contributed by atoms with E-state index in [1.807, 2.05) is 33.3 Å². The molecule has 0 bridgehead atoms. The highest BCUT2D eigenvalue weighted by Crippen LogP contribution is 2.43. The lowest BCUT2D eigenvalue weighted by atomic mass is 10.1. The molecule has 0 rings (SSSR count). The lowest BCUT2D eigenvalue weighted by Gasteiger charge is -2.27. The monoisotopic (exact) mass is 962 g/mol. The van der Waals surface area contributed by atoms with Gasteiger partial charge in [-0.1, -0.05) is 191 Å². The van der Waals surface area contributed by atoms with Gasteiger partial charge in [0.15, 0.2) is 0 Å². The minimum Gasteiger partial charge on any atom is -0.456 e. The lowest BCUT2D eigenvalue weighted by molar-refractivity contribution is -0.870. The van der Waals surface area contributed by atoms with Gasteiger partial charge in [-0.25, -0.2) is 4.57 Å². The maximum Gasteiger partial charge on any atom is 0.472 e. The van der Waals surface area contributed by atoms with E-state index in [1.54, 1.807) is 0 Å². The van der Waals surface area contributed by atoms with E-state index >= 15 is 0 Å². The molecule has 0 aromatic heterocycles. The fraction of sp³-hybridized carbons (Fsp3) is 0.789. The normalized spacial score (nSPS) is 14.3. The van der Waals surface area contributed by atoms with Gasteiger partial charge in [-0.2, -0.15) is 0 Å². The van der Waals surface area contributed by atoms with Crippen molar-refractivity contribution in [3.8, 4) is 0 Å². The summed E-state index contributed by atoms with van der Waals surface area (Å²) in [6.07, 6.45) is 57.8. The molecule has 0 aromatic carbocycles. The molecule has 1 amide bonds. The minimum atomic E-state index is -4.45. The Morgan fingerprint density at radius 2 is 0.910 bits per heavy atom. The van der Waals surface area contributed by atoms with Crippen molar-refractivity contribution in [3.63, 3.8) is 0 Å². The highest BCUT2D eigenvalue weighted by atomic mass is 31.2. The van der Waals surface area contributed by atoms with Crippen molar-refractivity contribution in [2.75, 3.05) is 40.9 Å². The summed E-state index contributed by atoms with van der Waals surface area (Å²) < 4.78 is 30.5. The quantitative estimate of drug-likeness (QED) is 0.0205. The van der Waals surface area contributed by atoms with Crippen LogP contribution in [0.1, 0.15) is 239 Å². The minimum absolute atomic E-state index is 0.0323. The predicted molar refractivity (Wildman–Crippen MR) is 286 cm³/mol. The Kier molecular flexibility index (Phi) is 45.8. The molecule has 0 fully saturated rings. The molecule has 3 unspecified atom stereocenters. The molecule has 2 N–H and O–H groups in total. The van der Waals surface area contributed by atoms with E-state index in [0.29, 0.717) is 23.9 Å². The molecule has 10 heteroatoms. The van der Waals surface area contributed by atoms with E-state index in [-0.39, 0.29) is 31.5 Å². The second kappa shape index (κ2) is 47.4. The fourth-order valence-corrected chi connectivity index (χ4v) is 8.32. The summed E-state index contributed by atoms with van der Waals surface area (Å²) in [5, 5.41) is 3.02. The van der Waals surface area contributed by atoms with Crippen LogP contribution in [0, 0.1) is 0 Å². The number of nitrogens with one attached hydrogen (secondary N) is 1. The van der Waals surface area contributed by atoms with Crippen LogP contribution in [0.4, 0.5) is 0 Å². The number of carbonyl (C=O) groups is 2. The number of unbranched alkanes of at least 4 members (excludes halogenated alkanes) is 25. The number of carbonyl (C=O) groups excluding carboxylic acids is 2. The van der Waals surface area contributed by atoms with Crippen LogP contribution >= 0.6 is 7.82 Å². The van der Waals surface area contributed by atoms with Crippen LogP contribution in [0.15, 0.2) is 60.8 Å². The fourth-order valence-electron chi connectivity index (χ4n) is 7.59. The highest BCUT2D eigenvalue weighted by Gasteiger charge is 2.30. The summed E-state index contributed by atoms with van der Waals surface area (Å²) in [6, 6.07) is -0.864. The number of rotatable bonds is 49. The van der Waals surface area contributed by atoms with Crippen LogP contribution in [-0.2, 0) is 27.9 Å². The Morgan fingerprint density at radius 1 is 0.522 bits per heavy atom. The molecule has 0 spiro atoms. The van der Waals surface area contributed by atoms with Crippen molar-refractivity contribution in [3.05, 3.63) is 60.8 Å². The second-order valence-electron chi connectivity index (χ2n) is 19.7. The molecule has 67 heavy (non-hydrogen) atoms. The first-order valence-electron chi connectivity index (χ1n) is 27.6. The molecule has 9 nitrogen and oxygen atoms in total. The second-order valence-corrected chi connectivity index (χ2v) is 21.2. The molecule has 0 aromatic rings. The number of amides is 1. The van der Waals surface area contributed by atoms with E-state index in [9.17, 15) is 19.0 Å². The zero-order valence-electron chi connectivity index (χ0n) is 44.4. The van der Waals surface area contributed by atoms with Gasteiger partial charge in [0.25, 0.3) is 0 Å². The third kappa shape index (κ3) is 48.5. The molecule has 0 aliphatic carbocycles. The van der Waals surface area contributed by atoms with Gasteiger partial charge in [0, 0.05) is 12.8 Å². The third-order valence-electron chi connectivity index (χ3n) is 11.9. The van der Waals surface area contributed by atoms with Gasteiger partial charge in [-0.3, -0.25) is 18.6 Å². The van der Waals surface area contributed by atoms with Crippen molar-refractivity contribution in [2.24, 2.45) is 0 Å². The third-order valence-corrected chi connectivity index (χ3v) is 12.9. The molecule has 0 aliphatic heterocycles. The molecule has 3 atom stereocenters. The molecule has 0 saturated carbocycles. The molecule has 390 valence electrons.